The first-order valence-corrected chi connectivity index (χ1v) is 11.6. The lowest BCUT2D eigenvalue weighted by molar-refractivity contribution is 0.385. The fourth-order valence-corrected chi connectivity index (χ4v) is 6.26. The highest BCUT2D eigenvalue weighted by molar-refractivity contribution is 7.89. The Balaban J connectivity index is 1.25. The van der Waals surface area contributed by atoms with Gasteiger partial charge in [0.2, 0.25) is 10.0 Å². The molecule has 5 rings (SSSR count). The number of hydrogen-bond donors (Lipinski definition) is 1. The Hall–Kier alpha value is -1.89. The first-order valence-electron chi connectivity index (χ1n) is 10.1. The summed E-state index contributed by atoms with van der Waals surface area (Å²) >= 11 is 0. The number of hydrogen-bond acceptors (Lipinski definition) is 4. The van der Waals surface area contributed by atoms with Gasteiger partial charge in [-0.25, -0.2) is 8.42 Å². The number of nitrogens with one attached hydrogen (secondary N) is 1. The van der Waals surface area contributed by atoms with Crippen LogP contribution in [-0.4, -0.2) is 52.0 Å². The maximum Gasteiger partial charge on any atom is 0.243 e. The molecule has 148 valence electrons. The van der Waals surface area contributed by atoms with E-state index in [0.717, 1.165) is 37.7 Å². The molecule has 0 radical (unpaired) electrons. The molecule has 2 atom stereocenters. The average Bonchev–Trinajstić information content (AvgIpc) is 3.29. The first-order chi connectivity index (χ1) is 13.5. The second kappa shape index (κ2) is 6.58. The van der Waals surface area contributed by atoms with Gasteiger partial charge in [-0.2, -0.15) is 4.31 Å². The zero-order chi connectivity index (χ0) is 19.4. The van der Waals surface area contributed by atoms with E-state index >= 15 is 0 Å². The average molecular weight is 398 g/mol. The van der Waals surface area contributed by atoms with Crippen molar-refractivity contribution in [3.05, 3.63) is 59.7 Å². The molecule has 0 amide bonds. The van der Waals surface area contributed by atoms with Crippen LogP contribution in [0.3, 0.4) is 0 Å². The van der Waals surface area contributed by atoms with Gasteiger partial charge in [0.1, 0.15) is 0 Å². The number of piperidine rings is 1. The maximum atomic E-state index is 12.9. The van der Waals surface area contributed by atoms with Crippen LogP contribution >= 0.6 is 0 Å². The maximum absolute atomic E-state index is 12.9. The normalized spacial score (nSPS) is 27.6. The SMILES string of the molecule is Cc1ccc(S(=O)(=O)N2CCN(c3ccc(C45CNCC4C5)cc3)CC2)cc1. The molecule has 5 nitrogen and oxygen atoms in total. The molecule has 2 aromatic rings. The van der Waals surface area contributed by atoms with Gasteiger partial charge in [-0.05, 0) is 55.6 Å². The van der Waals surface area contributed by atoms with Crippen molar-refractivity contribution in [3.63, 3.8) is 0 Å². The zero-order valence-corrected chi connectivity index (χ0v) is 17.1. The highest BCUT2D eigenvalue weighted by Gasteiger charge is 2.57. The molecule has 0 aromatic heterocycles. The monoisotopic (exact) mass is 397 g/mol. The van der Waals surface area contributed by atoms with Gasteiger partial charge in [0.15, 0.2) is 0 Å². The van der Waals surface area contributed by atoms with E-state index in [4.69, 9.17) is 0 Å². The molecule has 2 aromatic carbocycles. The van der Waals surface area contributed by atoms with Crippen LogP contribution in [0.4, 0.5) is 5.69 Å². The summed E-state index contributed by atoms with van der Waals surface area (Å²) in [7, 11) is -3.41. The van der Waals surface area contributed by atoms with Crippen LogP contribution in [0.2, 0.25) is 0 Å². The van der Waals surface area contributed by atoms with E-state index in [-0.39, 0.29) is 0 Å². The van der Waals surface area contributed by atoms with Gasteiger partial charge >= 0.3 is 0 Å². The Morgan fingerprint density at radius 2 is 1.64 bits per heavy atom. The van der Waals surface area contributed by atoms with Crippen LogP contribution in [0.5, 0.6) is 0 Å². The molecule has 1 N–H and O–H groups in total. The highest BCUT2D eigenvalue weighted by Crippen LogP contribution is 2.56. The second-order valence-electron chi connectivity index (χ2n) is 8.44. The smallest absolute Gasteiger partial charge is 0.243 e. The second-order valence-corrected chi connectivity index (χ2v) is 10.4. The fraction of sp³-hybridized carbons (Fsp3) is 0.455. The lowest BCUT2D eigenvalue weighted by Crippen LogP contribution is -2.48. The van der Waals surface area contributed by atoms with Crippen molar-refractivity contribution >= 4 is 15.7 Å². The molecule has 2 aliphatic heterocycles. The Kier molecular flexibility index (Phi) is 4.27. The van der Waals surface area contributed by atoms with E-state index in [1.54, 1.807) is 16.4 Å². The summed E-state index contributed by atoms with van der Waals surface area (Å²) in [6.07, 6.45) is 1.31. The number of sulfonamides is 1. The van der Waals surface area contributed by atoms with Gasteiger partial charge in [-0.15, -0.1) is 0 Å². The minimum absolute atomic E-state index is 0.388. The minimum atomic E-state index is -3.41. The van der Waals surface area contributed by atoms with Gasteiger partial charge < -0.3 is 10.2 Å². The molecule has 3 aliphatic rings. The number of rotatable bonds is 4. The Morgan fingerprint density at radius 1 is 0.964 bits per heavy atom. The Bertz CT molecular complexity index is 964. The summed E-state index contributed by atoms with van der Waals surface area (Å²) in [6.45, 7) is 6.71. The van der Waals surface area contributed by atoms with Crippen molar-refractivity contribution in [1.82, 2.24) is 9.62 Å². The largest absolute Gasteiger partial charge is 0.369 e. The van der Waals surface area contributed by atoms with Crippen LogP contribution in [0.15, 0.2) is 53.4 Å². The van der Waals surface area contributed by atoms with E-state index in [2.05, 4.69) is 34.5 Å². The van der Waals surface area contributed by atoms with Crippen molar-refractivity contribution in [2.24, 2.45) is 5.92 Å². The van der Waals surface area contributed by atoms with Crippen LogP contribution < -0.4 is 10.2 Å². The van der Waals surface area contributed by atoms with E-state index < -0.39 is 10.0 Å². The standard InChI is InChI=1S/C22H27N3O2S/c1-17-2-8-21(9-3-17)28(26,27)25-12-10-24(11-13-25)20-6-4-18(5-7-20)22-14-19(22)15-23-16-22/h2-9,19,23H,10-16H2,1H3. The molecular weight excluding hydrogens is 370 g/mol. The number of benzene rings is 2. The third-order valence-corrected chi connectivity index (χ3v) is 8.68. The van der Waals surface area contributed by atoms with Gasteiger partial charge in [0.25, 0.3) is 0 Å². The molecule has 0 bridgehead atoms. The zero-order valence-electron chi connectivity index (χ0n) is 16.3. The van der Waals surface area contributed by atoms with Crippen molar-refractivity contribution in [2.45, 2.75) is 23.7 Å². The molecule has 2 heterocycles. The fourth-order valence-electron chi connectivity index (χ4n) is 4.84. The highest BCUT2D eigenvalue weighted by atomic mass is 32.2. The summed E-state index contributed by atoms with van der Waals surface area (Å²) in [5, 5.41) is 3.50. The van der Waals surface area contributed by atoms with Gasteiger partial charge in [0.05, 0.1) is 4.90 Å². The minimum Gasteiger partial charge on any atom is -0.369 e. The van der Waals surface area contributed by atoms with E-state index in [9.17, 15) is 8.42 Å². The van der Waals surface area contributed by atoms with E-state index in [0.29, 0.717) is 23.4 Å². The van der Waals surface area contributed by atoms with Crippen LogP contribution in [-0.2, 0) is 15.4 Å². The van der Waals surface area contributed by atoms with Crippen molar-refractivity contribution in [2.75, 3.05) is 44.2 Å². The molecular formula is C22H27N3O2S. The predicted octanol–water partition coefficient (Wildman–Crippen LogP) is 2.37. The van der Waals surface area contributed by atoms with E-state index in [1.165, 1.54) is 17.7 Å². The first kappa shape index (κ1) is 18.2. The summed E-state index contributed by atoms with van der Waals surface area (Å²) in [5.41, 5.74) is 4.10. The van der Waals surface area contributed by atoms with E-state index in [1.807, 2.05) is 19.1 Å². The molecule has 2 saturated heterocycles. The van der Waals surface area contributed by atoms with Crippen LogP contribution in [0.25, 0.3) is 0 Å². The molecule has 2 unspecified atom stereocenters. The van der Waals surface area contributed by atoms with Gasteiger partial charge in [-0.3, -0.25) is 0 Å². The molecule has 1 aliphatic carbocycles. The van der Waals surface area contributed by atoms with Gasteiger partial charge in [-0.1, -0.05) is 29.8 Å². The lowest BCUT2D eigenvalue weighted by atomic mass is 9.95. The van der Waals surface area contributed by atoms with Crippen molar-refractivity contribution in [1.29, 1.82) is 0 Å². The van der Waals surface area contributed by atoms with Crippen LogP contribution in [0, 0.1) is 12.8 Å². The third-order valence-electron chi connectivity index (χ3n) is 6.77. The Labute approximate surface area is 167 Å². The molecule has 28 heavy (non-hydrogen) atoms. The topological polar surface area (TPSA) is 52.7 Å². The molecule has 1 saturated carbocycles. The Morgan fingerprint density at radius 3 is 2.21 bits per heavy atom. The summed E-state index contributed by atoms with van der Waals surface area (Å²) < 4.78 is 27.4. The summed E-state index contributed by atoms with van der Waals surface area (Å²) in [6, 6.07) is 16.1. The molecule has 0 spiro atoms. The predicted molar refractivity (Wildman–Crippen MR) is 111 cm³/mol. The van der Waals surface area contributed by atoms with Gasteiger partial charge in [0, 0.05) is 43.8 Å². The summed E-state index contributed by atoms with van der Waals surface area (Å²) in [5.74, 6) is 0.814. The quantitative estimate of drug-likeness (QED) is 0.861. The van der Waals surface area contributed by atoms with Crippen molar-refractivity contribution < 1.29 is 8.42 Å². The number of fused-ring (bicyclic) bond motifs is 1. The molecule has 6 heteroatoms. The number of anilines is 1. The van der Waals surface area contributed by atoms with Crippen LogP contribution in [0.1, 0.15) is 17.5 Å². The molecule has 3 fully saturated rings. The summed E-state index contributed by atoms with van der Waals surface area (Å²) in [4.78, 5) is 2.68. The third kappa shape index (κ3) is 2.95. The van der Waals surface area contributed by atoms with Crippen molar-refractivity contribution in [3.8, 4) is 0 Å². The number of nitrogens with zero attached hydrogens (tertiary/aromatic N) is 2. The lowest BCUT2D eigenvalue weighted by Gasteiger charge is -2.35. The number of piperazine rings is 1. The number of aryl methyl sites for hydroxylation is 1.